The number of carbonyl (C=O) groups excluding carboxylic acids is 2. The van der Waals surface area contributed by atoms with Gasteiger partial charge in [0.05, 0.1) is 4.47 Å². The van der Waals surface area contributed by atoms with E-state index < -0.39 is 0 Å². The lowest BCUT2D eigenvalue weighted by molar-refractivity contribution is -0.118. The fraction of sp³-hybridized carbons (Fsp3) is 0.222. The van der Waals surface area contributed by atoms with Crippen molar-refractivity contribution in [3.63, 3.8) is 0 Å². The molecule has 0 aliphatic carbocycles. The standard InChI is InChI=1S/C18H18BrClN2O3/c1-11(2)21-18(24)12-4-3-5-14(8-12)22-17(23)10-25-16-7-6-13(20)9-15(16)19/h3-9,11H,10H2,1-2H3,(H,21,24)(H,22,23). The summed E-state index contributed by atoms with van der Waals surface area (Å²) in [5, 5.41) is 6.08. The molecule has 2 amide bonds. The third-order valence-corrected chi connectivity index (χ3v) is 3.94. The SMILES string of the molecule is CC(C)NC(=O)c1cccc(NC(=O)COc2ccc(Cl)cc2Br)c1. The Labute approximate surface area is 159 Å². The predicted molar refractivity (Wildman–Crippen MR) is 102 cm³/mol. The van der Waals surface area contributed by atoms with Crippen LogP contribution in [-0.4, -0.2) is 24.5 Å². The van der Waals surface area contributed by atoms with Gasteiger partial charge in [0.25, 0.3) is 11.8 Å². The minimum Gasteiger partial charge on any atom is -0.483 e. The maximum absolute atomic E-state index is 12.0. The van der Waals surface area contributed by atoms with Crippen molar-refractivity contribution in [1.29, 1.82) is 0 Å². The lowest BCUT2D eigenvalue weighted by Crippen LogP contribution is -2.30. The molecule has 0 radical (unpaired) electrons. The van der Waals surface area contributed by atoms with Crippen LogP contribution in [0.1, 0.15) is 24.2 Å². The number of hydrogen-bond acceptors (Lipinski definition) is 3. The Morgan fingerprint density at radius 1 is 1.20 bits per heavy atom. The number of halogens is 2. The van der Waals surface area contributed by atoms with Gasteiger partial charge in [0, 0.05) is 22.3 Å². The number of hydrogen-bond donors (Lipinski definition) is 2. The lowest BCUT2D eigenvalue weighted by Gasteiger charge is -2.11. The van der Waals surface area contributed by atoms with E-state index in [2.05, 4.69) is 26.6 Å². The molecular weight excluding hydrogens is 408 g/mol. The monoisotopic (exact) mass is 424 g/mol. The third kappa shape index (κ3) is 6.07. The summed E-state index contributed by atoms with van der Waals surface area (Å²) in [6.07, 6.45) is 0. The molecule has 2 aromatic carbocycles. The van der Waals surface area contributed by atoms with E-state index in [0.717, 1.165) is 0 Å². The van der Waals surface area contributed by atoms with Gasteiger partial charge in [-0.3, -0.25) is 9.59 Å². The Balaban J connectivity index is 1.95. The molecule has 0 fully saturated rings. The second kappa shape index (κ2) is 8.87. The summed E-state index contributed by atoms with van der Waals surface area (Å²) in [6, 6.07) is 11.8. The van der Waals surface area contributed by atoms with E-state index >= 15 is 0 Å². The first kappa shape index (κ1) is 19.3. The zero-order valence-electron chi connectivity index (χ0n) is 13.8. The van der Waals surface area contributed by atoms with Crippen LogP contribution < -0.4 is 15.4 Å². The van der Waals surface area contributed by atoms with Gasteiger partial charge in [0.2, 0.25) is 0 Å². The van der Waals surface area contributed by atoms with E-state index in [9.17, 15) is 9.59 Å². The Morgan fingerprint density at radius 2 is 1.96 bits per heavy atom. The van der Waals surface area contributed by atoms with Crippen molar-refractivity contribution in [3.8, 4) is 5.75 Å². The second-order valence-corrected chi connectivity index (χ2v) is 6.91. The molecule has 0 saturated carbocycles. The van der Waals surface area contributed by atoms with E-state index in [1.54, 1.807) is 42.5 Å². The molecule has 0 aliphatic rings. The van der Waals surface area contributed by atoms with Crippen LogP contribution >= 0.6 is 27.5 Å². The first-order valence-corrected chi connectivity index (χ1v) is 8.81. The number of nitrogens with one attached hydrogen (secondary N) is 2. The largest absolute Gasteiger partial charge is 0.483 e. The van der Waals surface area contributed by atoms with Crippen LogP contribution in [-0.2, 0) is 4.79 Å². The highest BCUT2D eigenvalue weighted by molar-refractivity contribution is 9.10. The summed E-state index contributed by atoms with van der Waals surface area (Å²) in [5.74, 6) is 0.000299. The molecule has 0 saturated heterocycles. The average molecular weight is 426 g/mol. The molecule has 0 bridgehead atoms. The summed E-state index contributed by atoms with van der Waals surface area (Å²) in [4.78, 5) is 24.0. The third-order valence-electron chi connectivity index (χ3n) is 3.08. The normalized spacial score (nSPS) is 10.4. The Bertz CT molecular complexity index is 781. The van der Waals surface area contributed by atoms with Crippen LogP contribution in [0.25, 0.3) is 0 Å². The van der Waals surface area contributed by atoms with E-state index in [1.165, 1.54) is 0 Å². The second-order valence-electron chi connectivity index (χ2n) is 5.62. The number of anilines is 1. The maximum atomic E-state index is 12.0. The van der Waals surface area contributed by atoms with Gasteiger partial charge in [0.1, 0.15) is 5.75 Å². The molecule has 5 nitrogen and oxygen atoms in total. The van der Waals surface area contributed by atoms with Crippen LogP contribution in [0.3, 0.4) is 0 Å². The van der Waals surface area contributed by atoms with Crippen molar-refractivity contribution < 1.29 is 14.3 Å². The van der Waals surface area contributed by atoms with Crippen LogP contribution in [0.4, 0.5) is 5.69 Å². The molecule has 2 N–H and O–H groups in total. The zero-order chi connectivity index (χ0) is 18.4. The fourth-order valence-corrected chi connectivity index (χ4v) is 2.81. The predicted octanol–water partition coefficient (Wildman–Crippen LogP) is 4.26. The topological polar surface area (TPSA) is 67.4 Å². The number of benzene rings is 2. The quantitative estimate of drug-likeness (QED) is 0.727. The molecule has 0 heterocycles. The van der Waals surface area contributed by atoms with E-state index in [1.807, 2.05) is 13.8 Å². The minimum absolute atomic E-state index is 0.0389. The molecule has 0 atom stereocenters. The van der Waals surface area contributed by atoms with Crippen molar-refractivity contribution >= 4 is 45.0 Å². The Morgan fingerprint density at radius 3 is 2.64 bits per heavy atom. The zero-order valence-corrected chi connectivity index (χ0v) is 16.1. The highest BCUT2D eigenvalue weighted by Crippen LogP contribution is 2.27. The number of amides is 2. The van der Waals surface area contributed by atoms with Crippen molar-refractivity contribution in [2.24, 2.45) is 0 Å². The van der Waals surface area contributed by atoms with Crippen LogP contribution in [0.2, 0.25) is 5.02 Å². The molecule has 132 valence electrons. The molecule has 0 aliphatic heterocycles. The highest BCUT2D eigenvalue weighted by Gasteiger charge is 2.10. The van der Waals surface area contributed by atoms with Crippen molar-refractivity contribution in [3.05, 3.63) is 57.5 Å². The molecule has 0 unspecified atom stereocenters. The van der Waals surface area contributed by atoms with Gasteiger partial charge in [-0.2, -0.15) is 0 Å². The van der Waals surface area contributed by atoms with Gasteiger partial charge in [-0.1, -0.05) is 17.7 Å². The van der Waals surface area contributed by atoms with Crippen molar-refractivity contribution in [2.75, 3.05) is 11.9 Å². The van der Waals surface area contributed by atoms with Gasteiger partial charge < -0.3 is 15.4 Å². The molecule has 2 rings (SSSR count). The van der Waals surface area contributed by atoms with E-state index in [4.69, 9.17) is 16.3 Å². The van der Waals surface area contributed by atoms with Crippen LogP contribution in [0.15, 0.2) is 46.9 Å². The van der Waals surface area contributed by atoms with Gasteiger partial charge in [-0.05, 0) is 66.2 Å². The Hall–Kier alpha value is -2.05. The summed E-state index contributed by atoms with van der Waals surface area (Å²) in [5.41, 5.74) is 1.01. The van der Waals surface area contributed by atoms with E-state index in [0.29, 0.717) is 26.5 Å². The summed E-state index contributed by atoms with van der Waals surface area (Å²) in [6.45, 7) is 3.61. The van der Waals surface area contributed by atoms with Gasteiger partial charge >= 0.3 is 0 Å². The minimum atomic E-state index is -0.330. The molecule has 7 heteroatoms. The van der Waals surface area contributed by atoms with Gasteiger partial charge in [-0.15, -0.1) is 0 Å². The molecule has 2 aromatic rings. The first-order chi connectivity index (χ1) is 11.8. The molecule has 0 aromatic heterocycles. The van der Waals surface area contributed by atoms with Gasteiger partial charge in [0.15, 0.2) is 6.61 Å². The average Bonchev–Trinajstić information content (AvgIpc) is 2.53. The molecule has 25 heavy (non-hydrogen) atoms. The van der Waals surface area contributed by atoms with Crippen molar-refractivity contribution in [1.82, 2.24) is 5.32 Å². The smallest absolute Gasteiger partial charge is 0.262 e. The van der Waals surface area contributed by atoms with Crippen LogP contribution in [0.5, 0.6) is 5.75 Å². The molecular formula is C18H18BrClN2O3. The number of rotatable bonds is 6. The first-order valence-electron chi connectivity index (χ1n) is 7.64. The Kier molecular flexibility index (Phi) is 6.84. The number of carbonyl (C=O) groups is 2. The highest BCUT2D eigenvalue weighted by atomic mass is 79.9. The van der Waals surface area contributed by atoms with Gasteiger partial charge in [-0.25, -0.2) is 0 Å². The fourth-order valence-electron chi connectivity index (χ4n) is 2.02. The number of ether oxygens (including phenoxy) is 1. The summed E-state index contributed by atoms with van der Waals surface area (Å²) in [7, 11) is 0. The van der Waals surface area contributed by atoms with Crippen LogP contribution in [0, 0.1) is 0 Å². The summed E-state index contributed by atoms with van der Waals surface area (Å²) < 4.78 is 6.13. The van der Waals surface area contributed by atoms with Crippen molar-refractivity contribution in [2.45, 2.75) is 19.9 Å². The summed E-state index contributed by atoms with van der Waals surface area (Å²) >= 11 is 9.18. The molecule has 0 spiro atoms. The van der Waals surface area contributed by atoms with E-state index in [-0.39, 0.29) is 24.5 Å². The lowest BCUT2D eigenvalue weighted by atomic mass is 10.2. The maximum Gasteiger partial charge on any atom is 0.262 e.